The van der Waals surface area contributed by atoms with Gasteiger partial charge in [-0.1, -0.05) is 60.7 Å². The fourth-order valence-electron chi connectivity index (χ4n) is 3.96. The molecule has 0 aliphatic heterocycles. The van der Waals surface area contributed by atoms with Crippen LogP contribution in [0.4, 0.5) is 14.4 Å². The number of rotatable bonds is 16. The lowest BCUT2D eigenvalue weighted by molar-refractivity contribution is -0.145. The number of amides is 3. The second kappa shape index (κ2) is 19.3. The normalized spacial score (nSPS) is 12.0. The second-order valence-electron chi connectivity index (χ2n) is 12.7. The topological polar surface area (TPSA) is 145 Å². The number of unbranched alkanes of at least 4 members (excludes halogenated alkanes) is 2. The summed E-state index contributed by atoms with van der Waals surface area (Å²) in [5, 5.41) is 6.76. The van der Waals surface area contributed by atoms with Crippen LogP contribution in [0, 0.1) is 0 Å². The minimum absolute atomic E-state index is 0.0216. The number of nitrogens with zero attached hydrogens (tertiary/aromatic N) is 1. The number of esters is 1. The molecule has 0 spiro atoms. The largest absolute Gasteiger partial charge is 0.461 e. The van der Waals surface area contributed by atoms with E-state index in [0.29, 0.717) is 25.8 Å². The maximum atomic E-state index is 13.0. The van der Waals surface area contributed by atoms with E-state index in [1.54, 1.807) is 41.5 Å². The van der Waals surface area contributed by atoms with E-state index in [9.17, 15) is 19.2 Å². The van der Waals surface area contributed by atoms with Crippen LogP contribution in [-0.2, 0) is 37.0 Å². The summed E-state index contributed by atoms with van der Waals surface area (Å²) in [4.78, 5) is 50.3. The predicted molar refractivity (Wildman–Crippen MR) is 173 cm³/mol. The van der Waals surface area contributed by atoms with E-state index in [4.69, 9.17) is 18.9 Å². The van der Waals surface area contributed by atoms with Crippen LogP contribution in [0.2, 0.25) is 0 Å². The average molecular weight is 643 g/mol. The standard InChI is InChI=1S/C34H50N4O8/c1-33(2,3)45-31(41)37-28(22-29(39)43-24-26-16-10-7-11-17-26)23-36-38(32(42)46-34(4,5)6)21-15-9-14-20-35-30(40)44-25-27-18-12-8-13-19-27/h7-8,10-13,16-19,28,36H,9,14-15,20-25H2,1-6H3,(H,35,40)(H,37,41)/t28-/m0/s1. The van der Waals surface area contributed by atoms with E-state index in [1.165, 1.54) is 5.01 Å². The van der Waals surface area contributed by atoms with E-state index in [-0.39, 0.29) is 32.7 Å². The summed E-state index contributed by atoms with van der Waals surface area (Å²) in [6, 6.07) is 17.9. The molecule has 0 heterocycles. The molecule has 2 rings (SSSR count). The molecule has 12 nitrogen and oxygen atoms in total. The Balaban J connectivity index is 1.91. The molecular formula is C34H50N4O8. The number of alkyl carbamates (subject to hydrolysis) is 2. The van der Waals surface area contributed by atoms with Gasteiger partial charge in [-0.2, -0.15) is 0 Å². The Morgan fingerprint density at radius 3 is 1.85 bits per heavy atom. The van der Waals surface area contributed by atoms with E-state index >= 15 is 0 Å². The molecule has 3 N–H and O–H groups in total. The summed E-state index contributed by atoms with van der Waals surface area (Å²) < 4.78 is 21.6. The van der Waals surface area contributed by atoms with Crippen LogP contribution in [0.25, 0.3) is 0 Å². The smallest absolute Gasteiger partial charge is 0.424 e. The maximum Gasteiger partial charge on any atom is 0.424 e. The Hall–Kier alpha value is -4.32. The molecule has 0 saturated heterocycles. The van der Waals surface area contributed by atoms with E-state index in [1.807, 2.05) is 60.7 Å². The zero-order chi connectivity index (χ0) is 34.0. The van der Waals surface area contributed by atoms with Crippen molar-refractivity contribution in [3.05, 3.63) is 71.8 Å². The fourth-order valence-corrected chi connectivity index (χ4v) is 3.96. The summed E-state index contributed by atoms with van der Waals surface area (Å²) in [6.45, 7) is 11.5. The molecule has 0 aliphatic carbocycles. The zero-order valence-corrected chi connectivity index (χ0v) is 27.9. The van der Waals surface area contributed by atoms with Gasteiger partial charge in [-0.05, 0) is 71.9 Å². The van der Waals surface area contributed by atoms with Crippen molar-refractivity contribution < 1.29 is 38.1 Å². The number of ether oxygens (including phenoxy) is 4. The Labute approximate surface area is 272 Å². The van der Waals surface area contributed by atoms with Crippen LogP contribution in [0.15, 0.2) is 60.7 Å². The summed E-state index contributed by atoms with van der Waals surface area (Å²) in [5.41, 5.74) is 3.28. The lowest BCUT2D eigenvalue weighted by Gasteiger charge is -2.30. The van der Waals surface area contributed by atoms with Crippen LogP contribution in [0.5, 0.6) is 0 Å². The molecule has 1 atom stereocenters. The van der Waals surface area contributed by atoms with Crippen LogP contribution >= 0.6 is 0 Å². The first-order valence-electron chi connectivity index (χ1n) is 15.6. The van der Waals surface area contributed by atoms with Gasteiger partial charge in [0, 0.05) is 19.6 Å². The van der Waals surface area contributed by atoms with Crippen molar-refractivity contribution in [2.75, 3.05) is 19.6 Å². The van der Waals surface area contributed by atoms with Crippen molar-refractivity contribution in [2.24, 2.45) is 0 Å². The summed E-state index contributed by atoms with van der Waals surface area (Å²) in [6.07, 6.45) is 0.00591. The Morgan fingerprint density at radius 1 is 0.717 bits per heavy atom. The first-order valence-corrected chi connectivity index (χ1v) is 15.6. The number of benzene rings is 2. The first kappa shape index (κ1) is 37.9. The molecule has 254 valence electrons. The van der Waals surface area contributed by atoms with E-state index in [0.717, 1.165) is 11.1 Å². The third-order valence-corrected chi connectivity index (χ3v) is 6.06. The van der Waals surface area contributed by atoms with Gasteiger partial charge in [0.25, 0.3) is 0 Å². The second-order valence-corrected chi connectivity index (χ2v) is 12.7. The van der Waals surface area contributed by atoms with Crippen LogP contribution in [0.1, 0.15) is 78.4 Å². The van der Waals surface area contributed by atoms with Crippen LogP contribution < -0.4 is 16.1 Å². The van der Waals surface area contributed by atoms with Crippen molar-refractivity contribution in [3.8, 4) is 0 Å². The molecule has 0 saturated carbocycles. The Kier molecular flexibility index (Phi) is 15.8. The molecule has 0 bridgehead atoms. The summed E-state index contributed by atoms with van der Waals surface area (Å²) >= 11 is 0. The monoisotopic (exact) mass is 642 g/mol. The number of carbonyl (C=O) groups excluding carboxylic acids is 4. The molecule has 0 fully saturated rings. The fraction of sp³-hybridized carbons (Fsp3) is 0.529. The lowest BCUT2D eigenvalue weighted by atomic mass is 10.2. The maximum absolute atomic E-state index is 13.0. The van der Waals surface area contributed by atoms with E-state index in [2.05, 4.69) is 16.1 Å². The minimum atomic E-state index is -0.755. The highest BCUT2D eigenvalue weighted by Gasteiger charge is 2.26. The van der Waals surface area contributed by atoms with Crippen molar-refractivity contribution in [2.45, 2.75) is 97.7 Å². The molecule has 2 aromatic carbocycles. The van der Waals surface area contributed by atoms with Crippen molar-refractivity contribution >= 4 is 24.2 Å². The number of hydrogen-bond acceptors (Lipinski definition) is 9. The highest BCUT2D eigenvalue weighted by Crippen LogP contribution is 2.11. The zero-order valence-electron chi connectivity index (χ0n) is 27.9. The molecular weight excluding hydrogens is 592 g/mol. The van der Waals surface area contributed by atoms with Gasteiger partial charge in [0.05, 0.1) is 12.5 Å². The highest BCUT2D eigenvalue weighted by molar-refractivity contribution is 5.73. The van der Waals surface area contributed by atoms with Gasteiger partial charge < -0.3 is 29.6 Å². The van der Waals surface area contributed by atoms with Gasteiger partial charge in [0.1, 0.15) is 24.4 Å². The molecule has 0 unspecified atom stereocenters. The predicted octanol–water partition coefficient (Wildman–Crippen LogP) is 5.85. The third-order valence-electron chi connectivity index (χ3n) is 6.06. The van der Waals surface area contributed by atoms with Gasteiger partial charge in [-0.25, -0.2) is 24.8 Å². The average Bonchev–Trinajstić information content (AvgIpc) is 2.97. The van der Waals surface area contributed by atoms with Crippen LogP contribution in [0.3, 0.4) is 0 Å². The Bertz CT molecular complexity index is 1210. The van der Waals surface area contributed by atoms with Gasteiger partial charge in [-0.15, -0.1) is 0 Å². The SMILES string of the molecule is CC(C)(C)OC(=O)N[C@H](CNN(CCCCCNC(=O)OCc1ccccc1)C(=O)OC(C)(C)C)CC(=O)OCc1ccccc1. The van der Waals surface area contributed by atoms with Crippen molar-refractivity contribution in [3.63, 3.8) is 0 Å². The van der Waals surface area contributed by atoms with Crippen molar-refractivity contribution in [1.82, 2.24) is 21.1 Å². The van der Waals surface area contributed by atoms with Crippen LogP contribution in [-0.4, -0.2) is 66.1 Å². The van der Waals surface area contributed by atoms with Gasteiger partial charge in [0.2, 0.25) is 0 Å². The third kappa shape index (κ3) is 17.8. The van der Waals surface area contributed by atoms with E-state index < -0.39 is 41.5 Å². The van der Waals surface area contributed by atoms with Gasteiger partial charge >= 0.3 is 24.2 Å². The Morgan fingerprint density at radius 2 is 1.28 bits per heavy atom. The number of nitrogens with one attached hydrogen (secondary N) is 3. The number of carbonyl (C=O) groups is 4. The molecule has 0 aromatic heterocycles. The molecule has 12 heteroatoms. The summed E-state index contributed by atoms with van der Waals surface area (Å²) in [5.74, 6) is -0.523. The lowest BCUT2D eigenvalue weighted by Crippen LogP contribution is -2.52. The van der Waals surface area contributed by atoms with Crippen molar-refractivity contribution in [1.29, 1.82) is 0 Å². The molecule has 46 heavy (non-hydrogen) atoms. The summed E-state index contributed by atoms with van der Waals surface area (Å²) in [7, 11) is 0. The molecule has 0 radical (unpaired) electrons. The van der Waals surface area contributed by atoms with Gasteiger partial charge in [0.15, 0.2) is 0 Å². The highest BCUT2D eigenvalue weighted by atomic mass is 16.6. The number of hydrazine groups is 1. The molecule has 3 amide bonds. The minimum Gasteiger partial charge on any atom is -0.461 e. The molecule has 2 aromatic rings. The molecule has 0 aliphatic rings. The quantitative estimate of drug-likeness (QED) is 0.0889. The number of hydrogen-bond donors (Lipinski definition) is 3. The first-order chi connectivity index (χ1) is 21.7. The van der Waals surface area contributed by atoms with Gasteiger partial charge in [-0.3, -0.25) is 4.79 Å².